The number of aliphatic imine (C=N–C) groups is 1. The summed E-state index contributed by atoms with van der Waals surface area (Å²) in [7, 11) is 0. The van der Waals surface area contributed by atoms with Crippen molar-refractivity contribution in [3.8, 4) is 0 Å². The topological polar surface area (TPSA) is 24.4 Å². The summed E-state index contributed by atoms with van der Waals surface area (Å²) in [5.74, 6) is 0. The van der Waals surface area contributed by atoms with Crippen molar-refractivity contribution in [1.82, 2.24) is 5.32 Å². The summed E-state index contributed by atoms with van der Waals surface area (Å²) in [6.45, 7) is 6.23. The van der Waals surface area contributed by atoms with Crippen LogP contribution in [0.5, 0.6) is 0 Å². The molecule has 0 radical (unpaired) electrons. The van der Waals surface area contributed by atoms with E-state index < -0.39 is 0 Å². The fourth-order valence-corrected chi connectivity index (χ4v) is 1.14. The van der Waals surface area contributed by atoms with Gasteiger partial charge in [0.15, 0.2) is 0 Å². The highest BCUT2D eigenvalue weighted by atomic mass is 15.0. The van der Waals surface area contributed by atoms with Gasteiger partial charge in [-0.1, -0.05) is 6.92 Å². The minimum Gasteiger partial charge on any atom is -0.381 e. The lowest BCUT2D eigenvalue weighted by Gasteiger charge is -2.19. The summed E-state index contributed by atoms with van der Waals surface area (Å²) < 4.78 is 0. The normalized spacial score (nSPS) is 24.9. The summed E-state index contributed by atoms with van der Waals surface area (Å²) in [5, 5.41) is 3.28. The first-order chi connectivity index (χ1) is 4.74. The average Bonchev–Trinajstić information content (AvgIpc) is 1.88. The molecule has 10 heavy (non-hydrogen) atoms. The molecule has 0 saturated carbocycles. The van der Waals surface area contributed by atoms with Gasteiger partial charge in [-0.25, -0.2) is 0 Å². The van der Waals surface area contributed by atoms with Crippen molar-refractivity contribution in [3.63, 3.8) is 0 Å². The molecule has 2 nitrogen and oxygen atoms in total. The molecule has 0 bridgehead atoms. The number of allylic oxidation sites excluding steroid dienone is 1. The molecular weight excluding hydrogens is 124 g/mol. The summed E-state index contributed by atoms with van der Waals surface area (Å²) >= 11 is 0. The van der Waals surface area contributed by atoms with E-state index in [9.17, 15) is 0 Å². The van der Waals surface area contributed by atoms with E-state index in [-0.39, 0.29) is 0 Å². The lowest BCUT2D eigenvalue weighted by molar-refractivity contribution is 0.689. The Labute approximate surface area is 62.0 Å². The summed E-state index contributed by atoms with van der Waals surface area (Å²) in [6.07, 6.45) is 3.08. The minimum atomic E-state index is 0.462. The number of hydrogen-bond donors (Lipinski definition) is 1. The van der Waals surface area contributed by atoms with E-state index >= 15 is 0 Å². The highest BCUT2D eigenvalue weighted by Crippen LogP contribution is 2.05. The second-order valence-corrected chi connectivity index (χ2v) is 2.67. The van der Waals surface area contributed by atoms with Gasteiger partial charge >= 0.3 is 0 Å². The molecule has 0 aromatic carbocycles. The SMILES string of the molecule is CCC1NC=C(C)N=C1C. The van der Waals surface area contributed by atoms with Crippen LogP contribution < -0.4 is 5.32 Å². The van der Waals surface area contributed by atoms with Gasteiger partial charge in [-0.05, 0) is 20.3 Å². The van der Waals surface area contributed by atoms with E-state index in [1.807, 2.05) is 13.1 Å². The predicted octanol–water partition coefficient (Wildman–Crippen LogP) is 1.69. The molecule has 1 rings (SSSR count). The first-order valence-corrected chi connectivity index (χ1v) is 3.72. The molecule has 0 fully saturated rings. The molecule has 1 aliphatic heterocycles. The molecule has 0 saturated heterocycles. The van der Waals surface area contributed by atoms with Crippen LogP contribution in [0.4, 0.5) is 0 Å². The van der Waals surface area contributed by atoms with Crippen LogP contribution in [0.3, 0.4) is 0 Å². The highest BCUT2D eigenvalue weighted by Gasteiger charge is 2.10. The largest absolute Gasteiger partial charge is 0.381 e. The van der Waals surface area contributed by atoms with Crippen LogP contribution >= 0.6 is 0 Å². The third-order valence-electron chi connectivity index (χ3n) is 1.76. The molecule has 2 heteroatoms. The number of rotatable bonds is 1. The molecule has 1 unspecified atom stereocenters. The monoisotopic (exact) mass is 138 g/mol. The molecule has 1 atom stereocenters. The van der Waals surface area contributed by atoms with Gasteiger partial charge in [0.05, 0.1) is 11.7 Å². The van der Waals surface area contributed by atoms with Crippen LogP contribution in [-0.4, -0.2) is 11.8 Å². The Morgan fingerprint density at radius 3 is 2.80 bits per heavy atom. The van der Waals surface area contributed by atoms with Gasteiger partial charge in [0, 0.05) is 11.9 Å². The average molecular weight is 138 g/mol. The van der Waals surface area contributed by atoms with Crippen LogP contribution in [0.15, 0.2) is 16.9 Å². The Balaban J connectivity index is 2.68. The zero-order valence-corrected chi connectivity index (χ0v) is 6.81. The molecule has 0 aliphatic carbocycles. The standard InChI is InChI=1S/C8H14N2/c1-4-8-7(3)10-6(2)5-9-8/h5,8-9H,4H2,1-3H3. The van der Waals surface area contributed by atoms with Crippen molar-refractivity contribution in [1.29, 1.82) is 0 Å². The zero-order valence-electron chi connectivity index (χ0n) is 6.81. The van der Waals surface area contributed by atoms with Crippen molar-refractivity contribution >= 4 is 5.71 Å². The van der Waals surface area contributed by atoms with Crippen molar-refractivity contribution in [2.75, 3.05) is 0 Å². The smallest absolute Gasteiger partial charge is 0.0635 e. The second-order valence-electron chi connectivity index (χ2n) is 2.67. The Kier molecular flexibility index (Phi) is 2.10. The van der Waals surface area contributed by atoms with Crippen LogP contribution in [-0.2, 0) is 0 Å². The fraction of sp³-hybridized carbons (Fsp3) is 0.625. The van der Waals surface area contributed by atoms with E-state index in [1.165, 1.54) is 5.71 Å². The van der Waals surface area contributed by atoms with E-state index in [2.05, 4.69) is 24.2 Å². The summed E-state index contributed by atoms with van der Waals surface area (Å²) in [4.78, 5) is 4.35. The number of nitrogens with zero attached hydrogens (tertiary/aromatic N) is 1. The molecule has 0 aromatic heterocycles. The summed E-state index contributed by atoms with van der Waals surface area (Å²) in [5.41, 5.74) is 2.27. The molecule has 1 heterocycles. The Morgan fingerprint density at radius 2 is 2.30 bits per heavy atom. The lowest BCUT2D eigenvalue weighted by atomic mass is 10.1. The van der Waals surface area contributed by atoms with E-state index in [0.29, 0.717) is 6.04 Å². The molecule has 0 amide bonds. The van der Waals surface area contributed by atoms with E-state index in [4.69, 9.17) is 0 Å². The van der Waals surface area contributed by atoms with Gasteiger partial charge in [0.2, 0.25) is 0 Å². The van der Waals surface area contributed by atoms with Crippen molar-refractivity contribution < 1.29 is 0 Å². The maximum atomic E-state index is 4.35. The van der Waals surface area contributed by atoms with Gasteiger partial charge in [0.1, 0.15) is 0 Å². The highest BCUT2D eigenvalue weighted by molar-refractivity contribution is 5.88. The molecular formula is C8H14N2. The quantitative estimate of drug-likeness (QED) is 0.586. The van der Waals surface area contributed by atoms with Crippen LogP contribution in [0.1, 0.15) is 27.2 Å². The number of nitrogens with one attached hydrogen (secondary N) is 1. The van der Waals surface area contributed by atoms with Gasteiger partial charge in [-0.2, -0.15) is 0 Å². The summed E-state index contributed by atoms with van der Waals surface area (Å²) in [6, 6.07) is 0.462. The first-order valence-electron chi connectivity index (χ1n) is 3.72. The second kappa shape index (κ2) is 2.86. The molecule has 56 valence electrons. The van der Waals surface area contributed by atoms with E-state index in [0.717, 1.165) is 12.1 Å². The molecule has 0 aromatic rings. The third kappa shape index (κ3) is 1.38. The molecule has 1 aliphatic rings. The van der Waals surface area contributed by atoms with Gasteiger partial charge < -0.3 is 5.32 Å². The van der Waals surface area contributed by atoms with Gasteiger partial charge in [-0.3, -0.25) is 4.99 Å². The molecule has 0 spiro atoms. The third-order valence-corrected chi connectivity index (χ3v) is 1.76. The predicted molar refractivity (Wildman–Crippen MR) is 44.1 cm³/mol. The van der Waals surface area contributed by atoms with Crippen molar-refractivity contribution in [2.45, 2.75) is 33.2 Å². The van der Waals surface area contributed by atoms with E-state index in [1.54, 1.807) is 0 Å². The molecule has 1 N–H and O–H groups in total. The first kappa shape index (κ1) is 7.32. The fourth-order valence-electron chi connectivity index (χ4n) is 1.14. The lowest BCUT2D eigenvalue weighted by Crippen LogP contribution is -2.33. The Bertz CT molecular complexity index is 180. The van der Waals surface area contributed by atoms with Gasteiger partial charge in [-0.15, -0.1) is 0 Å². The van der Waals surface area contributed by atoms with Crippen LogP contribution in [0.25, 0.3) is 0 Å². The maximum absolute atomic E-state index is 4.35. The zero-order chi connectivity index (χ0) is 7.56. The van der Waals surface area contributed by atoms with Crippen LogP contribution in [0, 0.1) is 0 Å². The Morgan fingerprint density at radius 1 is 1.60 bits per heavy atom. The minimum absolute atomic E-state index is 0.462. The Hall–Kier alpha value is -0.790. The van der Waals surface area contributed by atoms with Gasteiger partial charge in [0.25, 0.3) is 0 Å². The number of hydrogen-bond acceptors (Lipinski definition) is 2. The van der Waals surface area contributed by atoms with Crippen LogP contribution in [0.2, 0.25) is 0 Å². The maximum Gasteiger partial charge on any atom is 0.0635 e. The van der Waals surface area contributed by atoms with Crippen molar-refractivity contribution in [3.05, 3.63) is 11.9 Å². The van der Waals surface area contributed by atoms with Crippen molar-refractivity contribution in [2.24, 2.45) is 4.99 Å².